The summed E-state index contributed by atoms with van der Waals surface area (Å²) in [5.41, 5.74) is 0.154. The zero-order valence-electron chi connectivity index (χ0n) is 12.0. The summed E-state index contributed by atoms with van der Waals surface area (Å²) in [5, 5.41) is 8.02. The van der Waals surface area contributed by atoms with Crippen LogP contribution in [0.15, 0.2) is 17.0 Å². The highest BCUT2D eigenvalue weighted by Crippen LogP contribution is 2.41. The minimum atomic E-state index is -4.33. The van der Waals surface area contributed by atoms with Gasteiger partial charge in [0.15, 0.2) is 4.80 Å². The molecule has 1 atom stereocenters. The molecule has 3 rings (SSSR count). The van der Waals surface area contributed by atoms with Gasteiger partial charge in [-0.05, 0) is 12.1 Å². The summed E-state index contributed by atoms with van der Waals surface area (Å²) in [6, 6.07) is 2.35. The van der Waals surface area contributed by atoms with Crippen LogP contribution in [0.5, 0.6) is 0 Å². The highest BCUT2D eigenvalue weighted by Gasteiger charge is 2.33. The average molecular weight is 386 g/mol. The van der Waals surface area contributed by atoms with Gasteiger partial charge in [-0.25, -0.2) is 0 Å². The predicted molar refractivity (Wildman–Crippen MR) is 83.5 cm³/mol. The van der Waals surface area contributed by atoms with Crippen LogP contribution in [-0.2, 0) is 22.8 Å². The molecular weight excluding hydrogens is 373 g/mol. The Morgan fingerprint density at radius 2 is 1.96 bits per heavy atom. The first-order chi connectivity index (χ1) is 10.4. The van der Waals surface area contributed by atoms with Crippen molar-refractivity contribution in [1.82, 2.24) is 4.57 Å². The number of halogens is 3. The number of nitrogens with one attached hydrogen (secondary N) is 1. The van der Waals surface area contributed by atoms with E-state index in [4.69, 9.17) is 9.96 Å². The number of aromatic nitrogens is 1. The van der Waals surface area contributed by atoms with E-state index in [1.807, 2.05) is 6.92 Å². The summed E-state index contributed by atoms with van der Waals surface area (Å²) in [6.45, 7) is 2.64. The Balaban J connectivity index is 0.000000338. The van der Waals surface area contributed by atoms with Gasteiger partial charge in [-0.1, -0.05) is 18.3 Å². The third kappa shape index (κ3) is 4.49. The monoisotopic (exact) mass is 386 g/mol. The lowest BCUT2D eigenvalue weighted by Crippen LogP contribution is -2.22. The van der Waals surface area contributed by atoms with Gasteiger partial charge >= 0.3 is 6.18 Å². The topological polar surface area (TPSA) is 83.2 Å². The molecule has 1 aromatic carbocycles. The van der Waals surface area contributed by atoms with Crippen LogP contribution in [0.1, 0.15) is 12.5 Å². The fourth-order valence-corrected chi connectivity index (χ4v) is 4.36. The maximum absolute atomic E-state index is 12.8. The molecule has 0 spiro atoms. The zero-order chi connectivity index (χ0) is 17.6. The molecule has 1 unspecified atom stereocenters. The van der Waals surface area contributed by atoms with Crippen molar-refractivity contribution in [3.63, 3.8) is 0 Å². The Labute approximate surface area is 138 Å². The molecule has 0 aliphatic carbocycles. The van der Waals surface area contributed by atoms with Gasteiger partial charge in [0.2, 0.25) is 0 Å². The van der Waals surface area contributed by atoms with E-state index in [1.165, 1.54) is 17.8 Å². The second-order valence-corrected chi connectivity index (χ2v) is 8.98. The summed E-state index contributed by atoms with van der Waals surface area (Å²) >= 11 is 2.56. The minimum absolute atomic E-state index is 0.188. The van der Waals surface area contributed by atoms with Crippen LogP contribution in [0.3, 0.4) is 0 Å². The van der Waals surface area contributed by atoms with Crippen molar-refractivity contribution >= 4 is 43.4 Å². The van der Waals surface area contributed by atoms with Gasteiger partial charge in [0.05, 0.1) is 22.0 Å². The van der Waals surface area contributed by atoms with Gasteiger partial charge in [-0.3, -0.25) is 9.96 Å². The molecule has 2 heterocycles. The number of thiazole rings is 1. The Morgan fingerprint density at radius 3 is 2.48 bits per heavy atom. The van der Waals surface area contributed by atoms with Gasteiger partial charge < -0.3 is 4.57 Å². The van der Waals surface area contributed by atoms with E-state index in [0.717, 1.165) is 22.9 Å². The number of thioether (sulfide) groups is 1. The highest BCUT2D eigenvalue weighted by molar-refractivity contribution is 8.00. The number of alkyl halides is 3. The van der Waals surface area contributed by atoms with Crippen LogP contribution in [0, 0.1) is 5.41 Å². The van der Waals surface area contributed by atoms with Crippen molar-refractivity contribution < 1.29 is 26.1 Å². The number of benzene rings is 1. The maximum Gasteiger partial charge on any atom is 0.416 e. The summed E-state index contributed by atoms with van der Waals surface area (Å²) < 4.78 is 66.6. The van der Waals surface area contributed by atoms with E-state index in [-0.39, 0.29) is 5.25 Å². The lowest BCUT2D eigenvalue weighted by Gasteiger charge is -2.21. The normalized spacial score (nSPS) is 17.7. The summed E-state index contributed by atoms with van der Waals surface area (Å²) in [6.07, 6.45) is -3.62. The largest absolute Gasteiger partial charge is 0.416 e. The maximum atomic E-state index is 12.8. The standard InChI is InChI=1S/C11H9F3N2S2.CH4O3S/c1-5-4-16-9-7(17-5)2-6(11(12,13)14)3-8(9)18-10(16)15;1-5(2,3)4/h2-3,5,15H,4H2,1H3;1H3,(H,2,3,4). The third-order valence-corrected chi connectivity index (χ3v) is 4.92. The van der Waals surface area contributed by atoms with Gasteiger partial charge in [0.1, 0.15) is 0 Å². The SMILES string of the molecule is CC1Cn2c(=N)sc3cc(C(F)(F)F)cc(c32)S1.CS(=O)(=O)O. The van der Waals surface area contributed by atoms with Crippen LogP contribution in [0.4, 0.5) is 13.2 Å². The molecule has 0 fully saturated rings. The molecule has 5 nitrogen and oxygen atoms in total. The second kappa shape index (κ2) is 6.11. The first-order valence-corrected chi connectivity index (χ1v) is 9.79. The molecular formula is C12H13F3N2O3S3. The van der Waals surface area contributed by atoms with Crippen molar-refractivity contribution in [2.24, 2.45) is 0 Å². The van der Waals surface area contributed by atoms with Crippen LogP contribution >= 0.6 is 23.1 Å². The number of nitrogens with zero attached hydrogens (tertiary/aromatic N) is 1. The molecule has 0 bridgehead atoms. The molecule has 0 saturated carbocycles. The van der Waals surface area contributed by atoms with E-state index in [9.17, 15) is 21.6 Å². The average Bonchev–Trinajstić information content (AvgIpc) is 2.63. The Kier molecular flexibility index (Phi) is 4.86. The second-order valence-electron chi connectivity index (χ2n) is 5.00. The van der Waals surface area contributed by atoms with E-state index in [0.29, 0.717) is 27.2 Å². The Morgan fingerprint density at radius 1 is 1.39 bits per heavy atom. The smallest absolute Gasteiger partial charge is 0.315 e. The summed E-state index contributed by atoms with van der Waals surface area (Å²) in [4.78, 5) is 0.950. The molecule has 1 aromatic heterocycles. The summed E-state index contributed by atoms with van der Waals surface area (Å²) in [7, 11) is -3.67. The van der Waals surface area contributed by atoms with Crippen molar-refractivity contribution in [1.29, 1.82) is 5.41 Å². The fourth-order valence-electron chi connectivity index (χ4n) is 2.13. The molecule has 2 N–H and O–H groups in total. The molecule has 1 aliphatic rings. The predicted octanol–water partition coefficient (Wildman–Crippen LogP) is 3.20. The van der Waals surface area contributed by atoms with Crippen molar-refractivity contribution in [2.75, 3.05) is 6.26 Å². The Hall–Kier alpha value is -1.04. The number of hydrogen-bond donors (Lipinski definition) is 2. The molecule has 11 heteroatoms. The highest BCUT2D eigenvalue weighted by atomic mass is 32.2. The van der Waals surface area contributed by atoms with E-state index >= 15 is 0 Å². The van der Waals surface area contributed by atoms with E-state index in [1.54, 1.807) is 4.57 Å². The first kappa shape index (κ1) is 18.3. The van der Waals surface area contributed by atoms with Crippen molar-refractivity contribution in [3.05, 3.63) is 22.5 Å². The van der Waals surface area contributed by atoms with Crippen LogP contribution < -0.4 is 4.80 Å². The van der Waals surface area contributed by atoms with Crippen LogP contribution in [-0.4, -0.2) is 29.0 Å². The van der Waals surface area contributed by atoms with Crippen LogP contribution in [0.2, 0.25) is 0 Å². The molecule has 1 aliphatic heterocycles. The molecule has 0 saturated heterocycles. The van der Waals surface area contributed by atoms with Crippen molar-refractivity contribution in [3.8, 4) is 0 Å². The first-order valence-electron chi connectivity index (χ1n) is 6.24. The van der Waals surface area contributed by atoms with Crippen LogP contribution in [0.25, 0.3) is 10.2 Å². The minimum Gasteiger partial charge on any atom is -0.315 e. The van der Waals surface area contributed by atoms with E-state index in [2.05, 4.69) is 0 Å². The van der Waals surface area contributed by atoms with Gasteiger partial charge in [-0.15, -0.1) is 11.8 Å². The van der Waals surface area contributed by atoms with Gasteiger partial charge in [0.25, 0.3) is 10.1 Å². The molecule has 23 heavy (non-hydrogen) atoms. The molecule has 0 radical (unpaired) electrons. The molecule has 128 valence electrons. The fraction of sp³-hybridized carbons (Fsp3) is 0.417. The molecule has 2 aromatic rings. The Bertz CT molecular complexity index is 892. The zero-order valence-corrected chi connectivity index (χ0v) is 14.5. The lowest BCUT2D eigenvalue weighted by molar-refractivity contribution is -0.137. The number of rotatable bonds is 0. The third-order valence-electron chi connectivity index (χ3n) is 2.86. The van der Waals surface area contributed by atoms with Crippen molar-refractivity contribution in [2.45, 2.75) is 29.8 Å². The lowest BCUT2D eigenvalue weighted by atomic mass is 10.2. The quantitative estimate of drug-likeness (QED) is 0.681. The molecule has 0 amide bonds. The van der Waals surface area contributed by atoms with Gasteiger partial charge in [0, 0.05) is 16.7 Å². The summed E-state index contributed by atoms with van der Waals surface area (Å²) in [5.74, 6) is 0. The van der Waals surface area contributed by atoms with Gasteiger partial charge in [-0.2, -0.15) is 21.6 Å². The van der Waals surface area contributed by atoms with E-state index < -0.39 is 21.9 Å². The number of hydrogen-bond acceptors (Lipinski definition) is 5.